The van der Waals surface area contributed by atoms with E-state index in [1.807, 2.05) is 20.0 Å². The van der Waals surface area contributed by atoms with Crippen molar-refractivity contribution in [2.75, 3.05) is 7.11 Å². The van der Waals surface area contributed by atoms with Crippen molar-refractivity contribution in [3.05, 3.63) is 35.7 Å². The smallest absolute Gasteiger partial charge is 0.213 e. The Bertz CT molecular complexity index is 792. The van der Waals surface area contributed by atoms with Crippen LogP contribution in [0.5, 0.6) is 5.88 Å². The van der Waals surface area contributed by atoms with Crippen molar-refractivity contribution in [3.63, 3.8) is 0 Å². The van der Waals surface area contributed by atoms with E-state index in [-0.39, 0.29) is 0 Å². The van der Waals surface area contributed by atoms with Crippen molar-refractivity contribution < 1.29 is 4.74 Å². The molecule has 0 spiro atoms. The Hall–Kier alpha value is -2.43. The van der Waals surface area contributed by atoms with Gasteiger partial charge in [0.05, 0.1) is 12.6 Å². The number of benzene rings is 1. The summed E-state index contributed by atoms with van der Waals surface area (Å²) in [5.41, 5.74) is 4.19. The Morgan fingerprint density at radius 1 is 1.10 bits per heavy atom. The van der Waals surface area contributed by atoms with E-state index in [0.717, 1.165) is 33.4 Å². The van der Waals surface area contributed by atoms with Gasteiger partial charge < -0.3 is 4.74 Å². The highest BCUT2D eigenvalue weighted by molar-refractivity contribution is 5.89. The number of rotatable bonds is 2. The summed E-state index contributed by atoms with van der Waals surface area (Å²) >= 11 is 0. The topological polar surface area (TPSA) is 52.8 Å². The van der Waals surface area contributed by atoms with E-state index in [1.165, 1.54) is 0 Å². The molecule has 0 aliphatic heterocycles. The maximum atomic E-state index is 5.24. The van der Waals surface area contributed by atoms with Crippen LogP contribution >= 0.6 is 0 Å². The third-order valence-corrected chi connectivity index (χ3v) is 3.35. The largest absolute Gasteiger partial charge is 0.481 e. The minimum absolute atomic E-state index is 0.641. The van der Waals surface area contributed by atoms with E-state index in [4.69, 9.17) is 4.74 Å². The second-order valence-electron chi connectivity index (χ2n) is 4.91. The van der Waals surface area contributed by atoms with Crippen molar-refractivity contribution in [1.82, 2.24) is 19.7 Å². The van der Waals surface area contributed by atoms with Crippen LogP contribution in [0.4, 0.5) is 0 Å². The van der Waals surface area contributed by atoms with Gasteiger partial charge in [-0.2, -0.15) is 5.10 Å². The van der Waals surface area contributed by atoms with Crippen LogP contribution in [0.15, 0.2) is 24.5 Å². The average molecular weight is 268 g/mol. The summed E-state index contributed by atoms with van der Waals surface area (Å²) in [7, 11) is 3.50. The lowest BCUT2D eigenvalue weighted by molar-refractivity contribution is 0.399. The van der Waals surface area contributed by atoms with Gasteiger partial charge in [0, 0.05) is 24.1 Å². The van der Waals surface area contributed by atoms with Crippen molar-refractivity contribution in [3.8, 4) is 17.3 Å². The highest BCUT2D eigenvalue weighted by atomic mass is 16.5. The molecule has 0 radical (unpaired) electrons. The van der Waals surface area contributed by atoms with Gasteiger partial charge in [-0.15, -0.1) is 0 Å². The molecule has 0 atom stereocenters. The lowest BCUT2D eigenvalue weighted by atomic mass is 10.0. The number of ether oxygens (including phenoxy) is 1. The van der Waals surface area contributed by atoms with Gasteiger partial charge in [-0.05, 0) is 37.1 Å². The zero-order valence-electron chi connectivity index (χ0n) is 12.0. The number of hydrogen-bond donors (Lipinski definition) is 0. The first-order chi connectivity index (χ1) is 9.58. The van der Waals surface area contributed by atoms with Crippen LogP contribution in [-0.4, -0.2) is 26.9 Å². The molecule has 5 nitrogen and oxygen atoms in total. The molecule has 2 heterocycles. The van der Waals surface area contributed by atoms with E-state index in [1.54, 1.807) is 18.1 Å². The van der Waals surface area contributed by atoms with Gasteiger partial charge >= 0.3 is 0 Å². The van der Waals surface area contributed by atoms with Gasteiger partial charge in [0.25, 0.3) is 0 Å². The van der Waals surface area contributed by atoms with Crippen LogP contribution in [0.1, 0.15) is 11.1 Å². The SMILES string of the molecule is COc1cc(C)c2cc(-c3ncn(C)n3)cc(C)c2n1. The summed E-state index contributed by atoms with van der Waals surface area (Å²) < 4.78 is 6.94. The zero-order valence-corrected chi connectivity index (χ0v) is 12.0. The summed E-state index contributed by atoms with van der Waals surface area (Å²) in [4.78, 5) is 8.83. The first-order valence-corrected chi connectivity index (χ1v) is 6.40. The van der Waals surface area contributed by atoms with Gasteiger partial charge in [0.1, 0.15) is 6.33 Å². The molecule has 0 aliphatic rings. The fourth-order valence-corrected chi connectivity index (χ4v) is 2.34. The number of aryl methyl sites for hydroxylation is 3. The normalized spacial score (nSPS) is 11.0. The van der Waals surface area contributed by atoms with Crippen molar-refractivity contribution >= 4 is 10.9 Å². The second kappa shape index (κ2) is 4.59. The third kappa shape index (κ3) is 2.01. The molecule has 5 heteroatoms. The number of nitrogens with zero attached hydrogens (tertiary/aromatic N) is 4. The molecule has 0 aliphatic carbocycles. The number of aromatic nitrogens is 4. The zero-order chi connectivity index (χ0) is 14.3. The van der Waals surface area contributed by atoms with Crippen LogP contribution in [-0.2, 0) is 7.05 Å². The molecule has 0 amide bonds. The molecular weight excluding hydrogens is 252 g/mol. The maximum absolute atomic E-state index is 5.24. The lowest BCUT2D eigenvalue weighted by Crippen LogP contribution is -1.94. The van der Waals surface area contributed by atoms with Gasteiger partial charge in [-0.25, -0.2) is 9.97 Å². The highest BCUT2D eigenvalue weighted by Gasteiger charge is 2.10. The summed E-state index contributed by atoms with van der Waals surface area (Å²) in [5, 5.41) is 5.46. The Morgan fingerprint density at radius 2 is 1.90 bits per heavy atom. The second-order valence-corrected chi connectivity index (χ2v) is 4.91. The molecule has 3 rings (SSSR count). The average Bonchev–Trinajstić information content (AvgIpc) is 2.86. The molecule has 0 bridgehead atoms. The van der Waals surface area contributed by atoms with E-state index in [0.29, 0.717) is 5.88 Å². The van der Waals surface area contributed by atoms with Crippen LogP contribution < -0.4 is 4.74 Å². The van der Waals surface area contributed by atoms with Crippen LogP contribution in [0.3, 0.4) is 0 Å². The van der Waals surface area contributed by atoms with Crippen molar-refractivity contribution in [2.45, 2.75) is 13.8 Å². The monoisotopic (exact) mass is 268 g/mol. The summed E-state index contributed by atoms with van der Waals surface area (Å²) in [5.74, 6) is 1.37. The summed E-state index contributed by atoms with van der Waals surface area (Å²) in [6.45, 7) is 4.10. The molecule has 102 valence electrons. The summed E-state index contributed by atoms with van der Waals surface area (Å²) in [6, 6.07) is 6.08. The molecule has 1 aromatic carbocycles. The van der Waals surface area contributed by atoms with E-state index in [9.17, 15) is 0 Å². The number of fused-ring (bicyclic) bond motifs is 1. The standard InChI is InChI=1S/C15H16N4O/c1-9-6-13(20-4)17-14-10(2)5-11(7-12(9)14)15-16-8-19(3)18-15/h5-8H,1-4H3. The molecule has 2 aromatic heterocycles. The van der Waals surface area contributed by atoms with Crippen molar-refractivity contribution in [2.24, 2.45) is 7.05 Å². The third-order valence-electron chi connectivity index (χ3n) is 3.35. The fourth-order valence-electron chi connectivity index (χ4n) is 2.34. The minimum atomic E-state index is 0.641. The van der Waals surface area contributed by atoms with Crippen LogP contribution in [0, 0.1) is 13.8 Å². The Kier molecular flexibility index (Phi) is 2.89. The first kappa shape index (κ1) is 12.6. The molecule has 0 saturated heterocycles. The van der Waals surface area contributed by atoms with Crippen LogP contribution in [0.2, 0.25) is 0 Å². The molecule has 0 saturated carbocycles. The lowest BCUT2D eigenvalue weighted by Gasteiger charge is -2.09. The Balaban J connectivity index is 2.26. The van der Waals surface area contributed by atoms with Gasteiger partial charge in [0.15, 0.2) is 5.82 Å². The number of methoxy groups -OCH3 is 1. The molecule has 0 N–H and O–H groups in total. The predicted octanol–water partition coefficient (Wildman–Crippen LogP) is 2.66. The van der Waals surface area contributed by atoms with Crippen molar-refractivity contribution in [1.29, 1.82) is 0 Å². The molecule has 0 unspecified atom stereocenters. The molecule has 0 fully saturated rings. The summed E-state index contributed by atoms with van der Waals surface area (Å²) in [6.07, 6.45) is 1.70. The minimum Gasteiger partial charge on any atom is -0.481 e. The Labute approximate surface area is 117 Å². The highest BCUT2D eigenvalue weighted by Crippen LogP contribution is 2.28. The molecule has 3 aromatic rings. The van der Waals surface area contributed by atoms with Gasteiger partial charge in [-0.1, -0.05) is 0 Å². The molecule has 20 heavy (non-hydrogen) atoms. The predicted molar refractivity (Wildman–Crippen MR) is 77.8 cm³/mol. The van der Waals surface area contributed by atoms with E-state index >= 15 is 0 Å². The van der Waals surface area contributed by atoms with E-state index in [2.05, 4.69) is 34.1 Å². The van der Waals surface area contributed by atoms with Gasteiger partial charge in [-0.3, -0.25) is 4.68 Å². The maximum Gasteiger partial charge on any atom is 0.213 e. The van der Waals surface area contributed by atoms with E-state index < -0.39 is 0 Å². The first-order valence-electron chi connectivity index (χ1n) is 6.40. The number of pyridine rings is 1. The number of hydrogen-bond acceptors (Lipinski definition) is 4. The molecular formula is C15H16N4O. The quantitative estimate of drug-likeness (QED) is 0.717. The fraction of sp³-hybridized carbons (Fsp3) is 0.267. The van der Waals surface area contributed by atoms with Gasteiger partial charge in [0.2, 0.25) is 5.88 Å². The Morgan fingerprint density at radius 3 is 2.55 bits per heavy atom. The van der Waals surface area contributed by atoms with Crippen LogP contribution in [0.25, 0.3) is 22.3 Å².